The van der Waals surface area contributed by atoms with Crippen molar-refractivity contribution >= 4 is 23.4 Å². The molecule has 0 radical (unpaired) electrons. The molecule has 8 heteroatoms. The molecule has 1 unspecified atom stereocenters. The van der Waals surface area contributed by atoms with Gasteiger partial charge in [0.15, 0.2) is 6.04 Å². The molecular weight excluding hydrogens is 309 g/mol. The Morgan fingerprint density at radius 2 is 1.95 bits per heavy atom. The highest BCUT2D eigenvalue weighted by Crippen LogP contribution is 2.33. The predicted molar refractivity (Wildman–Crippen MR) is 69.6 cm³/mol. The smallest absolute Gasteiger partial charge is 0.344 e. The molecule has 1 fully saturated rings. The molecule has 1 aromatic rings. The maximum atomic E-state index is 13.1. The van der Waals surface area contributed by atoms with Crippen LogP contribution in [0.4, 0.5) is 13.2 Å². The SMILES string of the molecule is O=C1CC[C@H](C(=O)NC(c2ccc(Cl)cc2)C(F)(F)F)N1. The van der Waals surface area contributed by atoms with Crippen molar-refractivity contribution in [2.45, 2.75) is 31.1 Å². The van der Waals surface area contributed by atoms with E-state index in [1.165, 1.54) is 24.3 Å². The average molecular weight is 321 g/mol. The van der Waals surface area contributed by atoms with Crippen LogP contribution in [-0.2, 0) is 9.59 Å². The van der Waals surface area contributed by atoms with Crippen LogP contribution in [0.3, 0.4) is 0 Å². The molecule has 0 bridgehead atoms. The Bertz CT molecular complexity index is 545. The first kappa shape index (κ1) is 15.6. The third-order valence-electron chi connectivity index (χ3n) is 3.13. The average Bonchev–Trinajstić information content (AvgIpc) is 2.82. The highest BCUT2D eigenvalue weighted by Gasteiger charge is 2.43. The van der Waals surface area contributed by atoms with Crippen LogP contribution in [0.2, 0.25) is 5.02 Å². The summed E-state index contributed by atoms with van der Waals surface area (Å²) >= 11 is 5.64. The number of hydrogen-bond donors (Lipinski definition) is 2. The highest BCUT2D eigenvalue weighted by molar-refractivity contribution is 6.30. The molecular formula is C13H12ClF3N2O2. The Balaban J connectivity index is 2.15. The van der Waals surface area contributed by atoms with Gasteiger partial charge in [-0.3, -0.25) is 9.59 Å². The summed E-state index contributed by atoms with van der Waals surface area (Å²) in [5.74, 6) is -1.19. The number of rotatable bonds is 3. The molecule has 1 aliphatic rings. The molecule has 4 nitrogen and oxygen atoms in total. The van der Waals surface area contributed by atoms with Crippen molar-refractivity contribution in [1.29, 1.82) is 0 Å². The van der Waals surface area contributed by atoms with E-state index in [2.05, 4.69) is 5.32 Å². The minimum Gasteiger partial charge on any atom is -0.344 e. The first-order valence-corrected chi connectivity index (χ1v) is 6.57. The van der Waals surface area contributed by atoms with Crippen molar-refractivity contribution in [3.63, 3.8) is 0 Å². The quantitative estimate of drug-likeness (QED) is 0.898. The van der Waals surface area contributed by atoms with Gasteiger partial charge in [-0.25, -0.2) is 0 Å². The number of benzene rings is 1. The number of carbonyl (C=O) groups is 2. The molecule has 2 N–H and O–H groups in total. The lowest BCUT2D eigenvalue weighted by Crippen LogP contribution is -2.46. The van der Waals surface area contributed by atoms with Gasteiger partial charge in [-0.05, 0) is 24.1 Å². The lowest BCUT2D eigenvalue weighted by atomic mass is 10.1. The summed E-state index contributed by atoms with van der Waals surface area (Å²) in [7, 11) is 0. The van der Waals surface area contributed by atoms with Gasteiger partial charge in [-0.2, -0.15) is 13.2 Å². The second-order valence-electron chi connectivity index (χ2n) is 4.69. The van der Waals surface area contributed by atoms with Crippen molar-refractivity contribution < 1.29 is 22.8 Å². The summed E-state index contributed by atoms with van der Waals surface area (Å²) < 4.78 is 39.3. The zero-order chi connectivity index (χ0) is 15.6. The molecule has 1 saturated heterocycles. The van der Waals surface area contributed by atoms with E-state index in [0.717, 1.165) is 0 Å². The maximum absolute atomic E-state index is 13.1. The van der Waals surface area contributed by atoms with Gasteiger partial charge < -0.3 is 10.6 Å². The Hall–Kier alpha value is -1.76. The minimum atomic E-state index is -4.65. The van der Waals surface area contributed by atoms with Gasteiger partial charge in [-0.15, -0.1) is 0 Å². The van der Waals surface area contributed by atoms with Gasteiger partial charge >= 0.3 is 6.18 Å². The van der Waals surface area contributed by atoms with Gasteiger partial charge in [0, 0.05) is 11.4 Å². The van der Waals surface area contributed by atoms with E-state index in [0.29, 0.717) is 5.02 Å². The van der Waals surface area contributed by atoms with Gasteiger partial charge in [-0.1, -0.05) is 23.7 Å². The fraction of sp³-hybridized carbons (Fsp3) is 0.385. The van der Waals surface area contributed by atoms with Crippen LogP contribution in [0.1, 0.15) is 24.4 Å². The molecule has 1 aliphatic heterocycles. The van der Waals surface area contributed by atoms with Gasteiger partial charge in [0.1, 0.15) is 6.04 Å². The second-order valence-corrected chi connectivity index (χ2v) is 5.13. The monoisotopic (exact) mass is 320 g/mol. The number of carbonyl (C=O) groups excluding carboxylic acids is 2. The normalized spacial score (nSPS) is 20.0. The van der Waals surface area contributed by atoms with E-state index in [1.807, 2.05) is 5.32 Å². The largest absolute Gasteiger partial charge is 0.412 e. The Morgan fingerprint density at radius 3 is 2.43 bits per heavy atom. The standard InChI is InChI=1S/C13H12ClF3N2O2/c14-8-3-1-7(2-4-8)11(13(15,16)17)19-12(21)9-5-6-10(20)18-9/h1-4,9,11H,5-6H2,(H,18,20)(H,19,21)/t9-,11?/m1/s1. The molecule has 0 spiro atoms. The molecule has 2 rings (SSSR count). The Labute approximate surface area is 123 Å². The van der Waals surface area contributed by atoms with E-state index in [4.69, 9.17) is 11.6 Å². The second kappa shape index (κ2) is 5.93. The first-order chi connectivity index (χ1) is 9.77. The van der Waals surface area contributed by atoms with Gasteiger partial charge in [0.05, 0.1) is 0 Å². The number of alkyl halides is 3. The molecule has 114 valence electrons. The third kappa shape index (κ3) is 3.87. The molecule has 1 heterocycles. The van der Waals surface area contributed by atoms with Crippen molar-refractivity contribution in [2.75, 3.05) is 0 Å². The molecule has 0 aromatic heterocycles. The van der Waals surface area contributed by atoms with E-state index < -0.39 is 24.2 Å². The van der Waals surface area contributed by atoms with Crippen LogP contribution in [0, 0.1) is 0 Å². The zero-order valence-electron chi connectivity index (χ0n) is 10.7. The fourth-order valence-electron chi connectivity index (χ4n) is 2.06. The van der Waals surface area contributed by atoms with Gasteiger partial charge in [0.2, 0.25) is 11.8 Å². The molecule has 21 heavy (non-hydrogen) atoms. The van der Waals surface area contributed by atoms with E-state index in [1.54, 1.807) is 0 Å². The zero-order valence-corrected chi connectivity index (χ0v) is 11.5. The van der Waals surface area contributed by atoms with Crippen LogP contribution in [0.25, 0.3) is 0 Å². The molecule has 0 saturated carbocycles. The van der Waals surface area contributed by atoms with E-state index in [9.17, 15) is 22.8 Å². The van der Waals surface area contributed by atoms with Crippen molar-refractivity contribution in [3.05, 3.63) is 34.9 Å². The van der Waals surface area contributed by atoms with Crippen molar-refractivity contribution in [1.82, 2.24) is 10.6 Å². The van der Waals surface area contributed by atoms with Crippen molar-refractivity contribution in [3.8, 4) is 0 Å². The summed E-state index contributed by atoms with van der Waals surface area (Å²) in [5, 5.41) is 4.57. The summed E-state index contributed by atoms with van der Waals surface area (Å²) in [6.45, 7) is 0. The van der Waals surface area contributed by atoms with Crippen molar-refractivity contribution in [2.24, 2.45) is 0 Å². The van der Waals surface area contributed by atoms with Crippen LogP contribution in [0.5, 0.6) is 0 Å². The number of hydrogen-bond acceptors (Lipinski definition) is 2. The summed E-state index contributed by atoms with van der Waals surface area (Å²) in [5.41, 5.74) is -0.121. The maximum Gasteiger partial charge on any atom is 0.412 e. The Kier molecular flexibility index (Phi) is 4.41. The van der Waals surface area contributed by atoms with Crippen LogP contribution in [-0.4, -0.2) is 24.0 Å². The number of amides is 2. The summed E-state index contributed by atoms with van der Waals surface area (Å²) in [4.78, 5) is 22.9. The molecule has 1 aromatic carbocycles. The van der Waals surface area contributed by atoms with E-state index >= 15 is 0 Å². The van der Waals surface area contributed by atoms with Crippen LogP contribution >= 0.6 is 11.6 Å². The Morgan fingerprint density at radius 1 is 1.33 bits per heavy atom. The van der Waals surface area contributed by atoms with E-state index in [-0.39, 0.29) is 24.3 Å². The number of nitrogens with one attached hydrogen (secondary N) is 2. The summed E-state index contributed by atoms with van der Waals surface area (Å²) in [6, 6.07) is 1.98. The lowest BCUT2D eigenvalue weighted by molar-refractivity contribution is -0.164. The summed E-state index contributed by atoms with van der Waals surface area (Å²) in [6.07, 6.45) is -4.32. The van der Waals surface area contributed by atoms with Crippen LogP contribution < -0.4 is 10.6 Å². The first-order valence-electron chi connectivity index (χ1n) is 6.19. The number of halogens is 4. The highest BCUT2D eigenvalue weighted by atomic mass is 35.5. The minimum absolute atomic E-state index is 0.121. The molecule has 2 amide bonds. The van der Waals surface area contributed by atoms with Crippen LogP contribution in [0.15, 0.2) is 24.3 Å². The third-order valence-corrected chi connectivity index (χ3v) is 3.38. The van der Waals surface area contributed by atoms with Gasteiger partial charge in [0.25, 0.3) is 0 Å². The topological polar surface area (TPSA) is 58.2 Å². The predicted octanol–water partition coefficient (Wildman–Crippen LogP) is 2.34. The lowest BCUT2D eigenvalue weighted by Gasteiger charge is -2.23. The molecule has 0 aliphatic carbocycles. The fourth-order valence-corrected chi connectivity index (χ4v) is 2.19. The molecule has 2 atom stereocenters.